The maximum Gasteiger partial charge on any atom is 0.328 e. The van der Waals surface area contributed by atoms with Crippen molar-refractivity contribution in [3.8, 4) is 0 Å². The molecule has 3 aliphatic rings. The van der Waals surface area contributed by atoms with E-state index in [0.717, 1.165) is 12.0 Å². The van der Waals surface area contributed by atoms with Crippen molar-refractivity contribution in [2.75, 3.05) is 66.9 Å². The Morgan fingerprint density at radius 3 is 1.83 bits per heavy atom. The molecule has 0 aliphatic carbocycles. The number of benzene rings is 2. The summed E-state index contributed by atoms with van der Waals surface area (Å²) in [6.07, 6.45) is -1.58. The first-order valence-electron chi connectivity index (χ1n) is 38.5. The number of nitrogens with one attached hydrogen (secondary N) is 8. The fourth-order valence-corrected chi connectivity index (χ4v) is 14.8. The van der Waals surface area contributed by atoms with Crippen LogP contribution in [0.4, 0.5) is 10.5 Å². The van der Waals surface area contributed by atoms with E-state index in [-0.39, 0.29) is 117 Å². The van der Waals surface area contributed by atoms with Gasteiger partial charge in [-0.1, -0.05) is 125 Å². The van der Waals surface area contributed by atoms with Crippen LogP contribution < -0.4 is 48.3 Å². The number of carbonyl (C=O) groups is 13. The highest BCUT2D eigenvalue weighted by Crippen LogP contribution is 2.35. The summed E-state index contributed by atoms with van der Waals surface area (Å²) in [6, 6.07) is 7.56. The number of hydrogen-bond acceptors (Lipinski definition) is 20. The fourth-order valence-electron chi connectivity index (χ4n) is 14.8. The van der Waals surface area contributed by atoms with Gasteiger partial charge >= 0.3 is 12.0 Å². The normalized spacial score (nSPS) is 20.3. The van der Waals surface area contributed by atoms with Gasteiger partial charge in [-0.25, -0.2) is 9.59 Å². The van der Waals surface area contributed by atoms with Gasteiger partial charge in [0.15, 0.2) is 5.78 Å². The van der Waals surface area contributed by atoms with E-state index in [1.54, 1.807) is 68.1 Å². The molecule has 17 atom stereocenters. The monoisotopic (exact) mass is 1540 g/mol. The van der Waals surface area contributed by atoms with Gasteiger partial charge in [0.2, 0.25) is 47.3 Å². The molecule has 0 saturated carbocycles. The van der Waals surface area contributed by atoms with E-state index in [1.165, 1.54) is 38.5 Å². The lowest BCUT2D eigenvalue weighted by Crippen LogP contribution is -2.56. The number of unbranched alkanes of at least 4 members (excludes halogenated alkanes) is 2. The predicted octanol–water partition coefficient (Wildman–Crippen LogP) is 2.75. The van der Waals surface area contributed by atoms with Crippen LogP contribution in [-0.2, 0) is 89.3 Å². The number of hydrogen-bond donors (Lipinski definition) is 11. The fraction of sp³-hybridized carbons (Fsp3) is 0.658. The van der Waals surface area contributed by atoms with Crippen LogP contribution in [0.15, 0.2) is 66.7 Å². The number of methoxy groups -OCH3 is 3. The number of nitrogens with zero attached hydrogens (tertiary/aromatic N) is 3. The van der Waals surface area contributed by atoms with Crippen LogP contribution in [0.5, 0.6) is 0 Å². The third-order valence-corrected chi connectivity index (χ3v) is 21.1. The van der Waals surface area contributed by atoms with Gasteiger partial charge in [0.1, 0.15) is 42.5 Å². The molecule has 12 amide bonds. The number of amides is 12. The van der Waals surface area contributed by atoms with Crippen molar-refractivity contribution in [1.82, 2.24) is 51.9 Å². The zero-order valence-corrected chi connectivity index (χ0v) is 66.7. The molecule has 12 N–H and O–H groups in total. The van der Waals surface area contributed by atoms with Crippen molar-refractivity contribution in [3.63, 3.8) is 0 Å². The van der Waals surface area contributed by atoms with Crippen LogP contribution in [0.3, 0.4) is 0 Å². The average molecular weight is 1540 g/mol. The number of aliphatic hydroxyl groups is 2. The smallest absolute Gasteiger partial charge is 0.328 e. The van der Waals surface area contributed by atoms with E-state index >= 15 is 0 Å². The molecule has 2 fully saturated rings. The van der Waals surface area contributed by atoms with Crippen molar-refractivity contribution in [1.29, 1.82) is 0 Å². The van der Waals surface area contributed by atoms with Crippen LogP contribution in [-0.4, -0.2) is 242 Å². The number of primary amides is 1. The summed E-state index contributed by atoms with van der Waals surface area (Å²) in [6.45, 7) is 19.0. The van der Waals surface area contributed by atoms with Gasteiger partial charge in [-0.2, -0.15) is 0 Å². The van der Waals surface area contributed by atoms with Gasteiger partial charge in [0.25, 0.3) is 11.8 Å². The number of likely N-dealkylation sites (N-methyl/N-ethyl adjacent to an activating group) is 1. The predicted molar refractivity (Wildman–Crippen MR) is 409 cm³/mol. The van der Waals surface area contributed by atoms with Gasteiger partial charge in [-0.3, -0.25) is 62.5 Å². The molecule has 0 radical (unpaired) electrons. The third kappa shape index (κ3) is 27.0. The molecule has 3 aliphatic heterocycles. The van der Waals surface area contributed by atoms with Crippen molar-refractivity contribution >= 4 is 82.5 Å². The second-order valence-corrected chi connectivity index (χ2v) is 30.5. The summed E-state index contributed by atoms with van der Waals surface area (Å²) in [5, 5.41) is 43.7. The molecule has 612 valence electrons. The summed E-state index contributed by atoms with van der Waals surface area (Å²) in [7, 11) is 7.82. The first-order chi connectivity index (χ1) is 52.1. The van der Waals surface area contributed by atoms with Crippen molar-refractivity contribution < 1.29 is 91.5 Å². The highest BCUT2D eigenvalue weighted by atomic mass is 16.5. The Kier molecular flexibility index (Phi) is 37.5. The SMILES string of the molecule is CCC(C)C(C(CC(=O)N1CCCC1C(OC)C(C)C(=O)N[C@@H](Cc1ccccc1)C(=O)N[C@@H](Cc1ccc(NC(=O)C(CCCNC(N)=O)NC(=O)[C@H](NC(=O)C[C@@H]2O[C@H](CNC(=O)CCCCCN3C(=O)C=CC3=O)C(O)C2O)C(C)C)cc1)C(=O)OC)OC)C(C)C(=O)[C@@H](NC(=O)C(C(C)C)N(C)C)C(C)C. The second kappa shape index (κ2) is 44.9. The first-order valence-corrected chi connectivity index (χ1v) is 38.5. The lowest BCUT2D eigenvalue weighted by Gasteiger charge is -2.39. The number of imide groups is 1. The summed E-state index contributed by atoms with van der Waals surface area (Å²) in [5.41, 5.74) is 6.73. The van der Waals surface area contributed by atoms with Gasteiger partial charge < -0.3 is 82.3 Å². The third-order valence-electron chi connectivity index (χ3n) is 21.1. The molecule has 0 bridgehead atoms. The van der Waals surface area contributed by atoms with Gasteiger partial charge in [0, 0.05) is 83.4 Å². The molecule has 0 spiro atoms. The number of esters is 1. The van der Waals surface area contributed by atoms with E-state index in [4.69, 9.17) is 24.7 Å². The summed E-state index contributed by atoms with van der Waals surface area (Å²) >= 11 is 0. The quantitative estimate of drug-likeness (QED) is 0.0258. The lowest BCUT2D eigenvalue weighted by atomic mass is 9.73. The number of urea groups is 1. The number of anilines is 1. The van der Waals surface area contributed by atoms with Crippen molar-refractivity contribution in [3.05, 3.63) is 77.9 Å². The second-order valence-electron chi connectivity index (χ2n) is 30.5. The Bertz CT molecular complexity index is 3420. The summed E-state index contributed by atoms with van der Waals surface area (Å²) in [5.74, 6) is -8.85. The van der Waals surface area contributed by atoms with Crippen LogP contribution >= 0.6 is 0 Å². The van der Waals surface area contributed by atoms with Crippen molar-refractivity contribution in [2.45, 2.75) is 232 Å². The Morgan fingerprint density at radius 1 is 0.636 bits per heavy atom. The van der Waals surface area contributed by atoms with E-state index in [1.807, 2.05) is 67.5 Å². The minimum absolute atomic E-state index is 0.00326. The molecular weight excluding hydrogens is 1420 g/mol. The number of likely N-dealkylation sites (tertiary alicyclic amines) is 1. The number of ether oxygens (including phenoxy) is 4. The van der Waals surface area contributed by atoms with Gasteiger partial charge in [0.05, 0.1) is 62.3 Å². The number of Topliss-reactive ketones (excluding diaryl/α,β-unsaturated/α-hetero) is 1. The largest absolute Gasteiger partial charge is 0.467 e. The number of aliphatic hydroxyl groups excluding tert-OH is 2. The van der Waals surface area contributed by atoms with E-state index in [0.29, 0.717) is 56.2 Å². The molecule has 3 heterocycles. The molecule has 110 heavy (non-hydrogen) atoms. The molecule has 11 unspecified atom stereocenters. The maximum atomic E-state index is 14.7. The Morgan fingerprint density at radius 2 is 1.25 bits per heavy atom. The van der Waals surface area contributed by atoms with Crippen molar-refractivity contribution in [2.24, 2.45) is 47.2 Å². The van der Waals surface area contributed by atoms with Crippen LogP contribution in [0, 0.1) is 41.4 Å². The minimum atomic E-state index is -1.53. The van der Waals surface area contributed by atoms with E-state index < -0.39 is 151 Å². The minimum Gasteiger partial charge on any atom is -0.467 e. The Balaban J connectivity index is 1.23. The molecular formula is C79H122N12O19. The summed E-state index contributed by atoms with van der Waals surface area (Å²) < 4.78 is 23.2. The first kappa shape index (κ1) is 91.9. The van der Waals surface area contributed by atoms with Crippen LogP contribution in [0.25, 0.3) is 0 Å². The number of ketones is 1. The molecule has 5 rings (SSSR count). The van der Waals surface area contributed by atoms with E-state index in [2.05, 4.69) is 42.5 Å². The molecule has 31 nitrogen and oxygen atoms in total. The highest BCUT2D eigenvalue weighted by Gasteiger charge is 2.47. The Hall–Kier alpha value is -8.75. The zero-order chi connectivity index (χ0) is 81.8. The lowest BCUT2D eigenvalue weighted by molar-refractivity contribution is -0.146. The molecule has 0 aromatic heterocycles. The Labute approximate surface area is 646 Å². The zero-order valence-electron chi connectivity index (χ0n) is 66.7. The molecule has 2 aromatic carbocycles. The highest BCUT2D eigenvalue weighted by molar-refractivity contribution is 6.13. The van der Waals surface area contributed by atoms with Crippen LogP contribution in [0.2, 0.25) is 0 Å². The van der Waals surface area contributed by atoms with Gasteiger partial charge in [-0.05, 0) is 105 Å². The van der Waals surface area contributed by atoms with Gasteiger partial charge in [-0.15, -0.1) is 0 Å². The van der Waals surface area contributed by atoms with Crippen LogP contribution in [0.1, 0.15) is 151 Å². The molecule has 31 heteroatoms. The molecule has 2 saturated heterocycles. The van der Waals surface area contributed by atoms with E-state index in [9.17, 15) is 72.5 Å². The number of rotatable bonds is 46. The maximum absolute atomic E-state index is 14.7. The standard InChI is InChI=1S/C79H122N12O19/c1-16-47(8)65(48(9)69(97)66(44(2)3)88-77(104)68(46(6)7)89(11)12)57(107-13)42-64(96)90-38-24-28-56(90)72(108-14)49(10)73(100)85-54(39-50-25-19-17-20-26-50)75(102)86-55(78(105)109-15)40-51-30-32-52(33-31-51)83-74(101)53(27-23-36-81-79(80)106)84-76(103)67(45(4)5)87-61(93)41-58-70(98)71(99)59(110-58)43-82-60(92)29-21-18-22-37-91-62(94)34-35-63(91)95/h17,19-20,25-26,30-35,44-49,53-59,65-68,70-72,98-99H,16,18,21-24,27-29,36-43H2,1-15H3,(H,82,92)(H,83,101)(H,84,103)(H,85,100)(H,86,102)(H,87,93)(H,88,104)(H3,80,81,106)/t47?,48?,49?,53?,54-,55-,56?,57?,58-,59+,65?,66-,67+,68?,70?,71?,72?/m0/s1. The number of nitrogens with two attached hydrogens (primary N) is 1. The summed E-state index contributed by atoms with van der Waals surface area (Å²) in [4.78, 5) is 180. The molecule has 2 aromatic rings. The topological polar surface area (TPSA) is 431 Å². The number of carbonyl (C=O) groups excluding carboxylic acids is 13. The average Bonchev–Trinajstić information content (AvgIpc) is 1.44.